The van der Waals surface area contributed by atoms with Crippen LogP contribution in [0.2, 0.25) is 0 Å². The van der Waals surface area contributed by atoms with Gasteiger partial charge in [-0.05, 0) is 73.0 Å². The number of benzene rings is 4. The first-order chi connectivity index (χ1) is 17.8. The molecule has 4 aromatic rings. The number of hydrogen-bond acceptors (Lipinski definition) is 3. The summed E-state index contributed by atoms with van der Waals surface area (Å²) in [7, 11) is 0. The van der Waals surface area contributed by atoms with Crippen LogP contribution in [0.15, 0.2) is 84.9 Å². The van der Waals surface area contributed by atoms with Crippen LogP contribution in [0.4, 0.5) is 20.6 Å². The molecule has 2 atom stereocenters. The quantitative estimate of drug-likeness (QED) is 0.276. The maximum Gasteiger partial charge on any atom is 0.336 e. The van der Waals surface area contributed by atoms with Crippen molar-refractivity contribution in [2.24, 2.45) is 0 Å². The Hall–Kier alpha value is -4.65. The highest BCUT2D eigenvalue weighted by Crippen LogP contribution is 2.48. The number of carboxylic acids is 1. The molecule has 6 nitrogen and oxygen atoms in total. The molecule has 1 heterocycles. The van der Waals surface area contributed by atoms with Crippen LogP contribution < -0.4 is 15.4 Å². The number of anilines is 2. The second-order valence-electron chi connectivity index (χ2n) is 9.09. The van der Waals surface area contributed by atoms with E-state index in [2.05, 4.69) is 10.6 Å². The van der Waals surface area contributed by atoms with E-state index in [1.54, 1.807) is 18.2 Å². The summed E-state index contributed by atoms with van der Waals surface area (Å²) in [5, 5.41) is 15.4. The van der Waals surface area contributed by atoms with Crippen molar-refractivity contribution in [2.75, 3.05) is 10.6 Å². The average Bonchev–Trinajstić information content (AvgIpc) is 3.21. The molecular weight excluding hydrogens is 471 g/mol. The molecule has 0 saturated carbocycles. The van der Waals surface area contributed by atoms with Gasteiger partial charge in [0.2, 0.25) is 0 Å². The lowest BCUT2D eigenvalue weighted by Gasteiger charge is -2.16. The number of halogens is 1. The lowest BCUT2D eigenvalue weighted by molar-refractivity contribution is 0.0697. The number of aryl methyl sites for hydroxylation is 1. The Morgan fingerprint density at radius 1 is 0.919 bits per heavy atom. The molecular formula is C30H25FN2O4. The molecule has 0 aromatic heterocycles. The molecule has 2 amide bonds. The van der Waals surface area contributed by atoms with Gasteiger partial charge in [0.15, 0.2) is 0 Å². The minimum atomic E-state index is -1.17. The Bertz CT molecular complexity index is 1490. The smallest absolute Gasteiger partial charge is 0.336 e. The first-order valence-electron chi connectivity index (χ1n) is 11.9. The number of nitrogens with one attached hydrogen (secondary N) is 2. The van der Waals surface area contributed by atoms with Crippen molar-refractivity contribution in [3.8, 4) is 16.9 Å². The fourth-order valence-electron chi connectivity index (χ4n) is 4.74. The summed E-state index contributed by atoms with van der Waals surface area (Å²) < 4.78 is 20.5. The van der Waals surface area contributed by atoms with E-state index in [4.69, 9.17) is 4.74 Å². The van der Waals surface area contributed by atoms with Crippen molar-refractivity contribution in [3.05, 3.63) is 113 Å². The number of amides is 2. The molecule has 0 saturated heterocycles. The van der Waals surface area contributed by atoms with Crippen molar-refractivity contribution < 1.29 is 23.8 Å². The summed E-state index contributed by atoms with van der Waals surface area (Å²) in [6, 6.07) is 23.7. The van der Waals surface area contributed by atoms with E-state index in [0.29, 0.717) is 22.7 Å². The molecule has 1 aliphatic rings. The lowest BCUT2D eigenvalue weighted by atomic mass is 9.86. The summed E-state index contributed by atoms with van der Waals surface area (Å²) in [4.78, 5) is 24.9. The molecule has 186 valence electrons. The van der Waals surface area contributed by atoms with Gasteiger partial charge in [-0.2, -0.15) is 0 Å². The molecule has 37 heavy (non-hydrogen) atoms. The number of hydrogen-bond donors (Lipinski definition) is 3. The van der Waals surface area contributed by atoms with Crippen LogP contribution in [0.1, 0.15) is 39.9 Å². The number of aromatic carboxylic acids is 1. The van der Waals surface area contributed by atoms with E-state index in [-0.39, 0.29) is 23.1 Å². The van der Waals surface area contributed by atoms with E-state index in [1.807, 2.05) is 62.4 Å². The Morgan fingerprint density at radius 2 is 1.65 bits per heavy atom. The predicted octanol–water partition coefficient (Wildman–Crippen LogP) is 7.06. The minimum Gasteiger partial charge on any atom is -0.487 e. The zero-order chi connectivity index (χ0) is 26.1. The summed E-state index contributed by atoms with van der Waals surface area (Å²) in [5.74, 6) is -1.40. The molecule has 0 unspecified atom stereocenters. The van der Waals surface area contributed by atoms with Crippen LogP contribution in [-0.4, -0.2) is 23.2 Å². The highest BCUT2D eigenvalue weighted by Gasteiger charge is 2.35. The van der Waals surface area contributed by atoms with Gasteiger partial charge in [0, 0.05) is 17.2 Å². The SMILES string of the molecule is Cc1ccc(NC(=O)Nc2cc(-c3cc(F)ccc3C(=O)O)cc3c2O[C@H](C)[C@H]3c2ccccc2)cc1. The minimum absolute atomic E-state index is 0.0420. The second kappa shape index (κ2) is 9.78. The standard InChI is InChI=1S/C30H25FN2O4/c1-17-8-11-22(12-9-17)32-30(36)33-26-15-20(24-16-21(31)10-13-23(24)29(34)35)14-25-27(18(2)37-28(25)26)19-6-4-3-5-7-19/h3-16,18,27H,1-2H3,(H,34,35)(H2,32,33,36)/t18-,27+/m1/s1. The van der Waals surface area contributed by atoms with Crippen molar-refractivity contribution in [1.29, 1.82) is 0 Å². The number of ether oxygens (including phenoxy) is 1. The van der Waals surface area contributed by atoms with Crippen LogP contribution in [0, 0.1) is 12.7 Å². The molecule has 0 bridgehead atoms. The van der Waals surface area contributed by atoms with Gasteiger partial charge < -0.3 is 20.5 Å². The molecule has 0 radical (unpaired) electrons. The third-order valence-electron chi connectivity index (χ3n) is 6.47. The van der Waals surface area contributed by atoms with Gasteiger partial charge in [-0.1, -0.05) is 48.0 Å². The largest absolute Gasteiger partial charge is 0.487 e. The zero-order valence-electron chi connectivity index (χ0n) is 20.3. The summed E-state index contributed by atoms with van der Waals surface area (Å²) >= 11 is 0. The lowest BCUT2D eigenvalue weighted by Crippen LogP contribution is -2.20. The van der Waals surface area contributed by atoms with Crippen molar-refractivity contribution in [3.63, 3.8) is 0 Å². The first kappa shape index (κ1) is 24.1. The maximum atomic E-state index is 14.3. The number of carbonyl (C=O) groups is 2. The molecule has 7 heteroatoms. The number of fused-ring (bicyclic) bond motifs is 1. The van der Waals surface area contributed by atoms with Gasteiger partial charge in [0.1, 0.15) is 17.7 Å². The molecule has 0 aliphatic carbocycles. The Labute approximate surface area is 213 Å². The second-order valence-corrected chi connectivity index (χ2v) is 9.09. The van der Waals surface area contributed by atoms with Crippen LogP contribution >= 0.6 is 0 Å². The number of carboxylic acid groups (broad SMARTS) is 1. The van der Waals surface area contributed by atoms with Crippen LogP contribution in [0.5, 0.6) is 5.75 Å². The van der Waals surface area contributed by atoms with E-state index in [0.717, 1.165) is 22.8 Å². The highest BCUT2D eigenvalue weighted by atomic mass is 19.1. The maximum absolute atomic E-state index is 14.3. The number of urea groups is 1. The molecule has 1 aliphatic heterocycles. The Balaban J connectivity index is 1.62. The normalized spacial score (nSPS) is 16.0. The first-order valence-corrected chi connectivity index (χ1v) is 11.9. The van der Waals surface area contributed by atoms with E-state index in [1.165, 1.54) is 12.1 Å². The van der Waals surface area contributed by atoms with Gasteiger partial charge >= 0.3 is 12.0 Å². The van der Waals surface area contributed by atoms with Gasteiger partial charge in [-0.25, -0.2) is 14.0 Å². The molecule has 5 rings (SSSR count). The van der Waals surface area contributed by atoms with Crippen molar-refractivity contribution in [1.82, 2.24) is 0 Å². The summed E-state index contributed by atoms with van der Waals surface area (Å²) in [6.07, 6.45) is -0.250. The molecule has 0 fully saturated rings. The van der Waals surface area contributed by atoms with E-state index in [9.17, 15) is 19.1 Å². The topological polar surface area (TPSA) is 87.7 Å². The van der Waals surface area contributed by atoms with Crippen molar-refractivity contribution >= 4 is 23.4 Å². The third-order valence-corrected chi connectivity index (χ3v) is 6.47. The number of carbonyl (C=O) groups excluding carboxylic acids is 1. The van der Waals surface area contributed by atoms with Crippen LogP contribution in [0.25, 0.3) is 11.1 Å². The molecule has 4 aromatic carbocycles. The number of rotatable bonds is 5. The highest BCUT2D eigenvalue weighted by molar-refractivity contribution is 6.02. The van der Waals surface area contributed by atoms with Gasteiger partial charge in [-0.3, -0.25) is 0 Å². The third kappa shape index (κ3) is 4.89. The zero-order valence-corrected chi connectivity index (χ0v) is 20.3. The Morgan fingerprint density at radius 3 is 2.35 bits per heavy atom. The monoisotopic (exact) mass is 496 g/mol. The fraction of sp³-hybridized carbons (Fsp3) is 0.133. The van der Waals surface area contributed by atoms with Crippen LogP contribution in [-0.2, 0) is 0 Å². The van der Waals surface area contributed by atoms with Gasteiger partial charge in [-0.15, -0.1) is 0 Å². The Kier molecular flexibility index (Phi) is 6.36. The molecule has 0 spiro atoms. The van der Waals surface area contributed by atoms with E-state index >= 15 is 0 Å². The summed E-state index contributed by atoms with van der Waals surface area (Å²) in [6.45, 7) is 3.90. The molecule has 3 N–H and O–H groups in total. The van der Waals surface area contributed by atoms with Gasteiger partial charge in [0.25, 0.3) is 0 Å². The van der Waals surface area contributed by atoms with Gasteiger partial charge in [0.05, 0.1) is 11.3 Å². The van der Waals surface area contributed by atoms with Crippen LogP contribution in [0.3, 0.4) is 0 Å². The average molecular weight is 497 g/mol. The van der Waals surface area contributed by atoms with E-state index < -0.39 is 17.8 Å². The predicted molar refractivity (Wildman–Crippen MR) is 141 cm³/mol. The fourth-order valence-corrected chi connectivity index (χ4v) is 4.74. The summed E-state index contributed by atoms with van der Waals surface area (Å²) in [5.41, 5.74) is 4.47. The van der Waals surface area contributed by atoms with Crippen molar-refractivity contribution in [2.45, 2.75) is 25.9 Å².